The smallest absolute Gasteiger partial charge is 0.328 e. The van der Waals surface area contributed by atoms with Crippen LogP contribution in [0, 0.1) is 35.5 Å². The van der Waals surface area contributed by atoms with Gasteiger partial charge in [0.2, 0.25) is 5.91 Å². The molecule has 56 heavy (non-hydrogen) atoms. The zero-order valence-electron chi connectivity index (χ0n) is 35.1. The summed E-state index contributed by atoms with van der Waals surface area (Å²) >= 11 is 0. The maximum absolute atomic E-state index is 14.1. The van der Waals surface area contributed by atoms with Gasteiger partial charge in [-0.25, -0.2) is 4.79 Å². The van der Waals surface area contributed by atoms with Gasteiger partial charge in [0.1, 0.15) is 29.3 Å². The van der Waals surface area contributed by atoms with E-state index in [0.717, 1.165) is 73.9 Å². The summed E-state index contributed by atoms with van der Waals surface area (Å²) < 4.78 is 15.6. The number of benzene rings is 1. The minimum absolute atomic E-state index is 0.0328. The predicted molar refractivity (Wildman–Crippen MR) is 221 cm³/mol. The van der Waals surface area contributed by atoms with E-state index in [2.05, 4.69) is 6.08 Å². The van der Waals surface area contributed by atoms with Gasteiger partial charge in [-0.1, -0.05) is 141 Å². The number of esters is 2. The van der Waals surface area contributed by atoms with E-state index in [-0.39, 0.29) is 30.1 Å². The Kier molecular flexibility index (Phi) is 18.3. The van der Waals surface area contributed by atoms with Crippen LogP contribution in [0.25, 0.3) is 0 Å². The summed E-state index contributed by atoms with van der Waals surface area (Å²) in [7, 11) is 2.95. The highest BCUT2D eigenvalue weighted by molar-refractivity contribution is 6.02. The molecular weight excluding hydrogens is 703 g/mol. The van der Waals surface area contributed by atoms with Crippen LogP contribution in [0.4, 0.5) is 0 Å². The average Bonchev–Trinajstić information content (AvgIpc) is 3.25. The van der Waals surface area contributed by atoms with Crippen LogP contribution < -0.4 is 4.74 Å². The van der Waals surface area contributed by atoms with Gasteiger partial charge in [0.15, 0.2) is 0 Å². The van der Waals surface area contributed by atoms with Crippen molar-refractivity contribution in [2.24, 2.45) is 35.5 Å². The first kappa shape index (κ1) is 44.0. The lowest BCUT2D eigenvalue weighted by Crippen LogP contribution is -2.48. The molecule has 312 valence electrons. The zero-order chi connectivity index (χ0) is 39.7. The number of hydrogen-bond donors (Lipinski definition) is 0. The van der Waals surface area contributed by atoms with Gasteiger partial charge >= 0.3 is 11.9 Å². The molecule has 0 aromatic heterocycles. The Balaban J connectivity index is 0.000000251. The normalized spacial score (nSPS) is 23.2. The van der Waals surface area contributed by atoms with Crippen molar-refractivity contribution in [2.75, 3.05) is 14.2 Å². The molecule has 0 bridgehead atoms. The van der Waals surface area contributed by atoms with Crippen molar-refractivity contribution in [1.82, 2.24) is 4.90 Å². The molecule has 0 spiro atoms. The van der Waals surface area contributed by atoms with Crippen molar-refractivity contribution >= 4 is 23.6 Å². The largest absolute Gasteiger partial charge is 0.497 e. The fourth-order valence-corrected chi connectivity index (χ4v) is 10.1. The molecule has 5 aliphatic rings. The second kappa shape index (κ2) is 23.3. The van der Waals surface area contributed by atoms with E-state index in [9.17, 15) is 19.2 Å². The van der Waals surface area contributed by atoms with Gasteiger partial charge in [-0.2, -0.15) is 0 Å². The van der Waals surface area contributed by atoms with Crippen molar-refractivity contribution < 1.29 is 33.4 Å². The lowest BCUT2D eigenvalue weighted by molar-refractivity contribution is -0.158. The first-order valence-corrected chi connectivity index (χ1v) is 22.7. The summed E-state index contributed by atoms with van der Waals surface area (Å²) in [4.78, 5) is 53.5. The van der Waals surface area contributed by atoms with E-state index in [1.807, 2.05) is 24.3 Å². The Morgan fingerprint density at radius 3 is 1.82 bits per heavy atom. The van der Waals surface area contributed by atoms with E-state index in [1.54, 1.807) is 18.9 Å². The first-order valence-electron chi connectivity index (χ1n) is 22.7. The molecule has 4 saturated carbocycles. The standard InChI is InChI=1S/C30H45NO5.C18H28O2/c1-22(30(34)36-3)31(21-25-14-17-26(35-2)18-15-25)29(33)27(20-24-12-8-5-9-13-24)28(32)19-16-23-10-6-4-7-11-23;19-18-16(13-15-9-5-2-6-10-15)17(20-18)12-11-14-7-3-1-4-8-14/h14-15,17-18,22-24,27H,4-13,16,19-21H2,1-3H3;12,14-16H,1-11,13H2/b;17-12-. The van der Waals surface area contributed by atoms with Gasteiger partial charge in [0, 0.05) is 13.0 Å². The number of carbonyl (C=O) groups is 4. The van der Waals surface area contributed by atoms with Crippen LogP contribution in [0.2, 0.25) is 0 Å². The molecule has 0 N–H and O–H groups in total. The van der Waals surface area contributed by atoms with Crippen molar-refractivity contribution in [1.29, 1.82) is 0 Å². The number of amides is 1. The summed E-state index contributed by atoms with van der Waals surface area (Å²) in [5.74, 6) is 3.12. The lowest BCUT2D eigenvalue weighted by atomic mass is 9.79. The molecule has 6 rings (SSSR count). The van der Waals surface area contributed by atoms with Crippen LogP contribution in [-0.4, -0.2) is 48.8 Å². The topological polar surface area (TPSA) is 99.2 Å². The molecule has 0 radical (unpaired) electrons. The Labute approximate surface area is 338 Å². The van der Waals surface area contributed by atoms with Crippen LogP contribution in [0.3, 0.4) is 0 Å². The van der Waals surface area contributed by atoms with Gasteiger partial charge in [-0.3, -0.25) is 14.4 Å². The van der Waals surface area contributed by atoms with E-state index in [4.69, 9.17) is 14.2 Å². The van der Waals surface area contributed by atoms with Gasteiger partial charge in [-0.15, -0.1) is 0 Å². The molecule has 5 fully saturated rings. The van der Waals surface area contributed by atoms with Gasteiger partial charge in [-0.05, 0) is 80.1 Å². The predicted octanol–water partition coefficient (Wildman–Crippen LogP) is 11.1. The van der Waals surface area contributed by atoms with Crippen molar-refractivity contribution in [3.63, 3.8) is 0 Å². The minimum atomic E-state index is -0.774. The van der Waals surface area contributed by atoms with Crippen LogP contribution in [-0.2, 0) is 35.2 Å². The molecule has 8 nitrogen and oxygen atoms in total. The molecule has 3 atom stereocenters. The highest BCUT2D eigenvalue weighted by Gasteiger charge is 2.39. The maximum Gasteiger partial charge on any atom is 0.328 e. The van der Waals surface area contributed by atoms with Gasteiger partial charge in [0.25, 0.3) is 0 Å². The molecule has 1 aromatic carbocycles. The summed E-state index contributed by atoms with van der Waals surface area (Å²) in [6, 6.07) is 6.70. The van der Waals surface area contributed by atoms with Gasteiger partial charge < -0.3 is 19.1 Å². The zero-order valence-corrected chi connectivity index (χ0v) is 35.1. The molecule has 1 amide bonds. The van der Waals surface area contributed by atoms with E-state index < -0.39 is 17.9 Å². The van der Waals surface area contributed by atoms with E-state index in [0.29, 0.717) is 24.7 Å². The van der Waals surface area contributed by atoms with Crippen molar-refractivity contribution in [2.45, 2.75) is 180 Å². The maximum atomic E-state index is 14.1. The molecular formula is C48H73NO7. The summed E-state index contributed by atoms with van der Waals surface area (Å²) in [5, 5.41) is 0. The molecule has 3 unspecified atom stereocenters. The molecule has 1 heterocycles. The van der Waals surface area contributed by atoms with Crippen LogP contribution >= 0.6 is 0 Å². The van der Waals surface area contributed by atoms with Crippen molar-refractivity contribution in [3.8, 4) is 5.75 Å². The monoisotopic (exact) mass is 776 g/mol. The highest BCUT2D eigenvalue weighted by Crippen LogP contribution is 2.39. The average molecular weight is 776 g/mol. The highest BCUT2D eigenvalue weighted by atomic mass is 16.6. The Morgan fingerprint density at radius 1 is 0.750 bits per heavy atom. The molecule has 1 aliphatic heterocycles. The fourth-order valence-electron chi connectivity index (χ4n) is 10.1. The molecule has 1 aromatic rings. The third kappa shape index (κ3) is 13.5. The molecule has 1 saturated heterocycles. The lowest BCUT2D eigenvalue weighted by Gasteiger charge is -2.33. The second-order valence-corrected chi connectivity index (χ2v) is 17.9. The summed E-state index contributed by atoms with van der Waals surface area (Å²) in [6.45, 7) is 1.94. The van der Waals surface area contributed by atoms with Gasteiger partial charge in [0.05, 0.1) is 20.1 Å². The number of rotatable bonds is 16. The SMILES string of the molecule is COC(=O)C(C)N(Cc1ccc(OC)cc1)C(=O)C(CC1CCCCC1)C(=O)CCC1CCCCC1.O=C1O/C(=C\CC2CCCCC2)C1CC1CCCCC1. The number of ketones is 1. The van der Waals surface area contributed by atoms with Crippen LogP contribution in [0.15, 0.2) is 36.1 Å². The third-order valence-corrected chi connectivity index (χ3v) is 13.8. The first-order chi connectivity index (χ1) is 27.2. The Bertz CT molecular complexity index is 1400. The van der Waals surface area contributed by atoms with Crippen molar-refractivity contribution in [3.05, 3.63) is 41.7 Å². The quantitative estimate of drug-likeness (QED) is 0.122. The summed E-state index contributed by atoms with van der Waals surface area (Å²) in [5.41, 5.74) is 0.881. The van der Waals surface area contributed by atoms with E-state index in [1.165, 1.54) is 110 Å². The number of nitrogens with zero attached hydrogens (tertiary/aromatic N) is 1. The number of Topliss-reactive ketones (excluding diaryl/α,β-unsaturated/α-hetero) is 1. The fraction of sp³-hybridized carbons (Fsp3) is 0.750. The van der Waals surface area contributed by atoms with E-state index >= 15 is 0 Å². The number of allylic oxidation sites excluding steroid dienone is 1. The number of carbonyl (C=O) groups excluding carboxylic acids is 4. The van der Waals surface area contributed by atoms with Crippen LogP contribution in [0.5, 0.6) is 5.75 Å². The number of ether oxygens (including phenoxy) is 3. The Hall–Kier alpha value is -3.16. The second-order valence-electron chi connectivity index (χ2n) is 17.9. The van der Waals surface area contributed by atoms with Crippen LogP contribution in [0.1, 0.15) is 173 Å². The minimum Gasteiger partial charge on any atom is -0.497 e. The third-order valence-electron chi connectivity index (χ3n) is 13.8. The number of methoxy groups -OCH3 is 2. The Morgan fingerprint density at radius 2 is 1.29 bits per heavy atom. The molecule has 4 aliphatic carbocycles. The summed E-state index contributed by atoms with van der Waals surface area (Å²) in [6.07, 6.45) is 31.9. The number of hydrogen-bond acceptors (Lipinski definition) is 7. The number of cyclic esters (lactones) is 1. The molecule has 8 heteroatoms.